The van der Waals surface area contributed by atoms with Crippen LogP contribution in [0.2, 0.25) is 0 Å². The van der Waals surface area contributed by atoms with Gasteiger partial charge in [0.15, 0.2) is 0 Å². The second kappa shape index (κ2) is 14.9. The maximum absolute atomic E-state index is 15.2. The summed E-state index contributed by atoms with van der Waals surface area (Å²) in [7, 11) is 0. The van der Waals surface area contributed by atoms with E-state index in [1.165, 1.54) is 24.3 Å². The van der Waals surface area contributed by atoms with Crippen molar-refractivity contribution in [3.63, 3.8) is 0 Å². The molecule has 0 saturated carbocycles. The Kier molecular flexibility index (Phi) is 11.7. The molecule has 1 saturated heterocycles. The molecule has 0 radical (unpaired) electrons. The summed E-state index contributed by atoms with van der Waals surface area (Å²) < 4.78 is 29.7. The number of carbonyl (C=O) groups is 5. The number of rotatable bonds is 13. The Hall–Kier alpha value is -3.99. The Labute approximate surface area is 263 Å². The van der Waals surface area contributed by atoms with Crippen LogP contribution in [0.5, 0.6) is 0 Å². The largest absolute Gasteiger partial charge is 0.478 e. The van der Waals surface area contributed by atoms with Gasteiger partial charge in [0.05, 0.1) is 12.1 Å². The Bertz CT molecular complexity index is 1380. The van der Waals surface area contributed by atoms with Gasteiger partial charge in [-0.2, -0.15) is 13.3 Å². The number of halogens is 2. The topological polar surface area (TPSA) is 130 Å². The van der Waals surface area contributed by atoms with E-state index in [0.29, 0.717) is 19.3 Å². The Balaban J connectivity index is 1.82. The molecule has 1 fully saturated rings. The number of benzene rings is 2. The molecule has 1 heterocycles. The molecular formula is C34H44F2N3O6+. The lowest BCUT2D eigenvalue weighted by molar-refractivity contribution is -0.786. The maximum Gasteiger partial charge on any atom is 0.424 e. The number of ketones is 1. The van der Waals surface area contributed by atoms with Gasteiger partial charge in [0, 0.05) is 24.8 Å². The van der Waals surface area contributed by atoms with Crippen LogP contribution in [-0.2, 0) is 16.0 Å². The van der Waals surface area contributed by atoms with Crippen LogP contribution < -0.4 is 10.6 Å². The molecule has 0 aromatic heterocycles. The number of carboxylic acids is 1. The summed E-state index contributed by atoms with van der Waals surface area (Å²) in [5.41, 5.74) is 1.00. The van der Waals surface area contributed by atoms with E-state index in [4.69, 9.17) is 5.11 Å². The maximum atomic E-state index is 15.2. The van der Waals surface area contributed by atoms with E-state index in [-0.39, 0.29) is 24.1 Å². The molecule has 2 aromatic rings. The average molecular weight is 629 g/mol. The van der Waals surface area contributed by atoms with Crippen molar-refractivity contribution in [3.05, 3.63) is 71.3 Å². The third-order valence-electron chi connectivity index (χ3n) is 8.64. The van der Waals surface area contributed by atoms with Gasteiger partial charge >= 0.3 is 23.8 Å². The number of Topliss-reactive ketones (excluding diaryl/α,β-unsaturated/α-hetero) is 1. The first-order valence-electron chi connectivity index (χ1n) is 15.4. The lowest BCUT2D eigenvalue weighted by Gasteiger charge is -2.38. The van der Waals surface area contributed by atoms with Crippen molar-refractivity contribution in [2.75, 3.05) is 6.54 Å². The number of imide groups is 1. The number of aryl methyl sites for hydroxylation is 1. The Morgan fingerprint density at radius 1 is 0.889 bits per heavy atom. The van der Waals surface area contributed by atoms with Gasteiger partial charge in [0.1, 0.15) is 18.1 Å². The highest BCUT2D eigenvalue weighted by Crippen LogP contribution is 2.32. The molecule has 9 nitrogen and oxygen atoms in total. The summed E-state index contributed by atoms with van der Waals surface area (Å²) in [6, 6.07) is 10.3. The zero-order valence-electron chi connectivity index (χ0n) is 26.5. The lowest BCUT2D eigenvalue weighted by Crippen LogP contribution is -2.70. The van der Waals surface area contributed by atoms with Gasteiger partial charge in [0.25, 0.3) is 5.91 Å². The summed E-state index contributed by atoms with van der Waals surface area (Å²) in [6.45, 7) is 8.36. The van der Waals surface area contributed by atoms with Crippen molar-refractivity contribution in [1.29, 1.82) is 0 Å². The molecule has 45 heavy (non-hydrogen) atoms. The minimum absolute atomic E-state index is 0.00821. The van der Waals surface area contributed by atoms with Crippen molar-refractivity contribution in [2.24, 2.45) is 11.8 Å². The number of likely N-dealkylation sites (tertiary alicyclic amines) is 1. The first kappa shape index (κ1) is 35.5. The molecule has 4 amide bonds. The van der Waals surface area contributed by atoms with Crippen LogP contribution in [0.25, 0.3) is 0 Å². The number of quaternary nitrogens is 1. The Morgan fingerprint density at radius 3 is 1.98 bits per heavy atom. The molecular weight excluding hydrogens is 584 g/mol. The molecule has 244 valence electrons. The van der Waals surface area contributed by atoms with Crippen LogP contribution in [-0.4, -0.2) is 69.8 Å². The summed E-state index contributed by atoms with van der Waals surface area (Å²) in [4.78, 5) is 65.8. The third-order valence-corrected chi connectivity index (χ3v) is 8.64. The molecule has 0 bridgehead atoms. The second-order valence-electron chi connectivity index (χ2n) is 12.6. The molecule has 1 aliphatic heterocycles. The van der Waals surface area contributed by atoms with Crippen molar-refractivity contribution in [2.45, 2.75) is 90.8 Å². The summed E-state index contributed by atoms with van der Waals surface area (Å²) in [5, 5.41) is 14.4. The van der Waals surface area contributed by atoms with E-state index in [1.807, 2.05) is 30.3 Å². The molecule has 0 aliphatic carbocycles. The van der Waals surface area contributed by atoms with Gasteiger partial charge in [-0.1, -0.05) is 58.0 Å². The standard InChI is InChI=1S/C34H43F2N3O6/c1-21(2)27(29(40)34(35,36)19-9-14-24-12-7-6-8-13-24)38-33(45)39(20-10-11-23(39)5)31(42)28(22(3)4)37-30(41)25-15-17-26(18-16-25)32(43)44/h6-8,12-13,15-18,21-23,27-28H,9-11,14,19-20H2,1-5H3,(H2-,37,38,41,43,44,45)/p+1/t23-,27?,28+,39?/m1/s1. The van der Waals surface area contributed by atoms with Crippen molar-refractivity contribution in [3.8, 4) is 0 Å². The molecule has 0 spiro atoms. The quantitative estimate of drug-likeness (QED) is 0.247. The van der Waals surface area contributed by atoms with E-state index in [0.717, 1.165) is 5.56 Å². The third kappa shape index (κ3) is 8.19. The number of hydrogen-bond acceptors (Lipinski definition) is 5. The average Bonchev–Trinajstić information content (AvgIpc) is 3.39. The highest BCUT2D eigenvalue weighted by Gasteiger charge is 2.57. The first-order valence-corrected chi connectivity index (χ1v) is 15.4. The fourth-order valence-electron chi connectivity index (χ4n) is 5.85. The molecule has 11 heteroatoms. The van der Waals surface area contributed by atoms with E-state index in [2.05, 4.69) is 10.6 Å². The summed E-state index contributed by atoms with van der Waals surface area (Å²) >= 11 is 0. The van der Waals surface area contributed by atoms with Gasteiger partial charge in [-0.15, -0.1) is 0 Å². The van der Waals surface area contributed by atoms with E-state index >= 15 is 8.78 Å². The van der Waals surface area contributed by atoms with Crippen molar-refractivity contribution in [1.82, 2.24) is 10.6 Å². The van der Waals surface area contributed by atoms with Gasteiger partial charge in [-0.05, 0) is 61.4 Å². The minimum atomic E-state index is -3.69. The number of aromatic carboxylic acids is 1. The molecule has 2 aromatic carbocycles. The van der Waals surface area contributed by atoms with E-state index in [1.54, 1.807) is 34.6 Å². The number of carbonyl (C=O) groups excluding carboxylic acids is 4. The van der Waals surface area contributed by atoms with Gasteiger partial charge in [-0.25, -0.2) is 14.4 Å². The van der Waals surface area contributed by atoms with Gasteiger partial charge < -0.3 is 10.4 Å². The number of urea groups is 1. The zero-order valence-corrected chi connectivity index (χ0v) is 26.5. The normalized spacial score (nSPS) is 19.6. The van der Waals surface area contributed by atoms with Crippen molar-refractivity contribution < 1.29 is 42.3 Å². The molecule has 3 N–H and O–H groups in total. The highest BCUT2D eigenvalue weighted by atomic mass is 19.3. The van der Waals surface area contributed by atoms with Crippen LogP contribution in [0.4, 0.5) is 13.6 Å². The Morgan fingerprint density at radius 2 is 1.47 bits per heavy atom. The lowest BCUT2D eigenvalue weighted by atomic mass is 9.93. The van der Waals surface area contributed by atoms with Gasteiger partial charge in [0.2, 0.25) is 5.78 Å². The highest BCUT2D eigenvalue weighted by molar-refractivity contribution is 5.99. The van der Waals surface area contributed by atoms with Crippen molar-refractivity contribution >= 4 is 29.6 Å². The number of alkyl halides is 2. The monoisotopic (exact) mass is 628 g/mol. The predicted octanol–water partition coefficient (Wildman–Crippen LogP) is 5.63. The van der Waals surface area contributed by atoms with Crippen LogP contribution in [0.1, 0.15) is 86.6 Å². The van der Waals surface area contributed by atoms with Crippen LogP contribution >= 0.6 is 0 Å². The van der Waals surface area contributed by atoms with Gasteiger partial charge in [-0.3, -0.25) is 14.9 Å². The fraction of sp³-hybridized carbons (Fsp3) is 0.500. The zero-order chi connectivity index (χ0) is 33.5. The number of nitrogens with one attached hydrogen (secondary N) is 2. The molecule has 3 rings (SSSR count). The van der Waals surface area contributed by atoms with E-state index < -0.39 is 76.4 Å². The fourth-order valence-corrected chi connectivity index (χ4v) is 5.85. The summed E-state index contributed by atoms with van der Waals surface area (Å²) in [6.07, 6.45) is 0.784. The smallest absolute Gasteiger partial charge is 0.424 e. The predicted molar refractivity (Wildman–Crippen MR) is 165 cm³/mol. The van der Waals surface area contributed by atoms with Crippen LogP contribution in [0, 0.1) is 11.8 Å². The van der Waals surface area contributed by atoms with Crippen LogP contribution in [0.15, 0.2) is 54.6 Å². The van der Waals surface area contributed by atoms with E-state index in [9.17, 15) is 24.0 Å². The SMILES string of the molecule is CC(C)C(NC(=O)[N+]1(C(=O)[C@@H](NC(=O)c2ccc(C(=O)O)cc2)C(C)C)CCC[C@H]1C)C(=O)C(F)(F)CCCc1ccccc1. The second-order valence-corrected chi connectivity index (χ2v) is 12.6. The minimum Gasteiger partial charge on any atom is -0.478 e. The molecule has 1 aliphatic rings. The first-order chi connectivity index (χ1) is 21.1. The molecule has 4 atom stereocenters. The number of hydrogen-bond donors (Lipinski definition) is 3. The summed E-state index contributed by atoms with van der Waals surface area (Å²) in [5.74, 6) is -8.60. The van der Waals surface area contributed by atoms with Crippen LogP contribution in [0.3, 0.4) is 0 Å². The molecule has 2 unspecified atom stereocenters. The number of amides is 4. The number of nitrogens with zero attached hydrogens (tertiary/aromatic N) is 1. The number of carboxylic acid groups (broad SMARTS) is 1.